The number of hydrogen-bond donors (Lipinski definition) is 0. The van der Waals surface area contributed by atoms with Crippen LogP contribution in [0.5, 0.6) is 0 Å². The Bertz CT molecular complexity index is 330. The lowest BCUT2D eigenvalue weighted by Gasteiger charge is -2.19. The summed E-state index contributed by atoms with van der Waals surface area (Å²) in [5.41, 5.74) is -0.979. The molecule has 0 aromatic rings. The summed E-state index contributed by atoms with van der Waals surface area (Å²) in [6.45, 7) is 12.5. The van der Waals surface area contributed by atoms with Crippen molar-refractivity contribution in [2.75, 3.05) is 39.6 Å². The van der Waals surface area contributed by atoms with Crippen LogP contribution in [0.15, 0.2) is 0 Å². The van der Waals surface area contributed by atoms with Gasteiger partial charge in [0.2, 0.25) is 0 Å². The Hall–Kier alpha value is -1.18. The molecule has 0 amide bonds. The maximum absolute atomic E-state index is 11.4. The van der Waals surface area contributed by atoms with Crippen molar-refractivity contribution >= 4 is 11.9 Å². The zero-order chi connectivity index (χ0) is 18.6. The van der Waals surface area contributed by atoms with Crippen molar-refractivity contribution < 1.29 is 33.3 Å². The van der Waals surface area contributed by atoms with Crippen molar-refractivity contribution in [3.63, 3.8) is 0 Å². The molecular formula is C17H32O7. The summed E-state index contributed by atoms with van der Waals surface area (Å²) in [5.74, 6) is -0.674. The van der Waals surface area contributed by atoms with Crippen LogP contribution in [0.4, 0.5) is 0 Å². The number of carbonyl (C=O) groups excluding carboxylic acids is 2. The number of esters is 2. The first kappa shape index (κ1) is 22.8. The Morgan fingerprint density at radius 1 is 0.625 bits per heavy atom. The molecular weight excluding hydrogens is 316 g/mol. The van der Waals surface area contributed by atoms with Crippen LogP contribution in [0.1, 0.15) is 48.0 Å². The molecule has 0 aromatic carbocycles. The molecule has 0 unspecified atom stereocenters. The van der Waals surface area contributed by atoms with Gasteiger partial charge in [0.15, 0.2) is 0 Å². The lowest BCUT2D eigenvalue weighted by atomic mass is 10.2. The van der Waals surface area contributed by atoms with E-state index < -0.39 is 17.2 Å². The number of ether oxygens (including phenoxy) is 5. The van der Waals surface area contributed by atoms with Gasteiger partial charge in [0.05, 0.1) is 39.5 Å². The Labute approximate surface area is 144 Å². The molecule has 0 saturated carbocycles. The van der Waals surface area contributed by atoms with E-state index in [-0.39, 0.29) is 19.0 Å². The van der Waals surface area contributed by atoms with Crippen molar-refractivity contribution in [1.82, 2.24) is 0 Å². The first-order valence-electron chi connectivity index (χ1n) is 8.16. The highest BCUT2D eigenvalue weighted by atomic mass is 16.6. The third kappa shape index (κ3) is 17.2. The van der Waals surface area contributed by atoms with Crippen LogP contribution in [0.3, 0.4) is 0 Å². The summed E-state index contributed by atoms with van der Waals surface area (Å²) in [4.78, 5) is 22.8. The van der Waals surface area contributed by atoms with E-state index in [0.29, 0.717) is 33.0 Å². The van der Waals surface area contributed by atoms with Gasteiger partial charge in [-0.1, -0.05) is 0 Å². The Morgan fingerprint density at radius 2 is 1.04 bits per heavy atom. The molecule has 0 aromatic heterocycles. The van der Waals surface area contributed by atoms with Crippen LogP contribution in [0.2, 0.25) is 0 Å². The van der Waals surface area contributed by atoms with Gasteiger partial charge in [-0.15, -0.1) is 0 Å². The monoisotopic (exact) mass is 348 g/mol. The van der Waals surface area contributed by atoms with Gasteiger partial charge in [0.25, 0.3) is 0 Å². The number of carbonyl (C=O) groups is 2. The topological polar surface area (TPSA) is 80.3 Å². The lowest BCUT2D eigenvalue weighted by Crippen LogP contribution is -2.27. The second kappa shape index (κ2) is 11.4. The second-order valence-electron chi connectivity index (χ2n) is 7.20. The molecule has 0 fully saturated rings. The molecule has 0 aliphatic heterocycles. The Balaban J connectivity index is 3.37. The Morgan fingerprint density at radius 3 is 1.54 bits per heavy atom. The predicted octanol–water partition coefficient (Wildman–Crippen LogP) is 2.11. The minimum absolute atomic E-state index is 0.0903. The summed E-state index contributed by atoms with van der Waals surface area (Å²) in [7, 11) is 0. The molecule has 0 spiro atoms. The van der Waals surface area contributed by atoms with Crippen LogP contribution in [-0.4, -0.2) is 62.8 Å². The minimum atomic E-state index is -0.506. The fraction of sp³-hybridized carbons (Fsp3) is 0.882. The van der Waals surface area contributed by atoms with Crippen LogP contribution < -0.4 is 0 Å². The maximum Gasteiger partial charge on any atom is 0.332 e. The summed E-state index contributed by atoms with van der Waals surface area (Å²) < 4.78 is 26.0. The summed E-state index contributed by atoms with van der Waals surface area (Å²) in [6.07, 6.45) is 0.219. The molecule has 0 radical (unpaired) electrons. The van der Waals surface area contributed by atoms with E-state index in [4.69, 9.17) is 23.7 Å². The predicted molar refractivity (Wildman–Crippen MR) is 88.8 cm³/mol. The Kier molecular flexibility index (Phi) is 10.8. The van der Waals surface area contributed by atoms with Crippen molar-refractivity contribution in [1.29, 1.82) is 0 Å². The van der Waals surface area contributed by atoms with E-state index in [1.54, 1.807) is 20.8 Å². The van der Waals surface area contributed by atoms with Crippen molar-refractivity contribution in [2.24, 2.45) is 0 Å². The fourth-order valence-corrected chi connectivity index (χ4v) is 1.51. The molecule has 7 nitrogen and oxygen atoms in total. The van der Waals surface area contributed by atoms with Crippen LogP contribution >= 0.6 is 0 Å². The summed E-state index contributed by atoms with van der Waals surface area (Å²) in [5, 5.41) is 0. The molecule has 142 valence electrons. The van der Waals surface area contributed by atoms with Gasteiger partial charge < -0.3 is 23.7 Å². The highest BCUT2D eigenvalue weighted by Gasteiger charge is 2.16. The fourth-order valence-electron chi connectivity index (χ4n) is 1.51. The molecule has 0 heterocycles. The van der Waals surface area contributed by atoms with E-state index in [9.17, 15) is 9.59 Å². The summed E-state index contributed by atoms with van der Waals surface area (Å²) in [6, 6.07) is 0. The average molecular weight is 348 g/mol. The third-order valence-electron chi connectivity index (χ3n) is 2.25. The molecule has 0 atom stereocenters. The normalized spacial score (nSPS) is 12.1. The van der Waals surface area contributed by atoms with E-state index in [2.05, 4.69) is 0 Å². The smallest absolute Gasteiger partial charge is 0.332 e. The van der Waals surface area contributed by atoms with E-state index in [1.807, 2.05) is 20.8 Å². The van der Waals surface area contributed by atoms with E-state index >= 15 is 0 Å². The maximum atomic E-state index is 11.4. The molecule has 0 N–H and O–H groups in total. The van der Waals surface area contributed by atoms with Gasteiger partial charge in [-0.05, 0) is 41.5 Å². The first-order valence-corrected chi connectivity index (χ1v) is 8.16. The van der Waals surface area contributed by atoms with E-state index in [1.165, 1.54) is 0 Å². The molecule has 24 heavy (non-hydrogen) atoms. The third-order valence-corrected chi connectivity index (χ3v) is 2.25. The van der Waals surface area contributed by atoms with E-state index in [0.717, 1.165) is 0 Å². The van der Waals surface area contributed by atoms with Gasteiger partial charge in [0, 0.05) is 0 Å². The average Bonchev–Trinajstić information content (AvgIpc) is 2.36. The van der Waals surface area contributed by atoms with Gasteiger partial charge in [-0.25, -0.2) is 4.79 Å². The van der Waals surface area contributed by atoms with Crippen LogP contribution in [0.25, 0.3) is 0 Å². The highest BCUT2D eigenvalue weighted by molar-refractivity contribution is 5.71. The van der Waals surface area contributed by atoms with Gasteiger partial charge in [-0.2, -0.15) is 0 Å². The zero-order valence-corrected chi connectivity index (χ0v) is 15.8. The lowest BCUT2D eigenvalue weighted by molar-refractivity contribution is -0.161. The van der Waals surface area contributed by atoms with Crippen molar-refractivity contribution in [2.45, 2.75) is 59.2 Å². The van der Waals surface area contributed by atoms with Gasteiger partial charge in [0.1, 0.15) is 17.8 Å². The molecule has 0 bridgehead atoms. The quantitative estimate of drug-likeness (QED) is 0.418. The largest absolute Gasteiger partial charge is 0.460 e. The molecule has 0 aliphatic rings. The standard InChI is InChI=1S/C17H32O7/c1-16(2,3)23-14(18)7-8-20-9-10-21-11-12-22-13-15(19)24-17(4,5)6/h7-13H2,1-6H3. The van der Waals surface area contributed by atoms with Gasteiger partial charge in [-0.3, -0.25) is 4.79 Å². The highest BCUT2D eigenvalue weighted by Crippen LogP contribution is 2.08. The zero-order valence-electron chi connectivity index (χ0n) is 15.8. The van der Waals surface area contributed by atoms with Crippen LogP contribution in [0, 0.1) is 0 Å². The van der Waals surface area contributed by atoms with Gasteiger partial charge >= 0.3 is 11.9 Å². The number of rotatable bonds is 11. The van der Waals surface area contributed by atoms with Crippen molar-refractivity contribution in [3.05, 3.63) is 0 Å². The SMILES string of the molecule is CC(C)(C)OC(=O)CCOCCOCCOCC(=O)OC(C)(C)C. The molecule has 0 rings (SSSR count). The first-order chi connectivity index (χ1) is 11.0. The number of hydrogen-bond acceptors (Lipinski definition) is 7. The minimum Gasteiger partial charge on any atom is -0.460 e. The van der Waals surface area contributed by atoms with Crippen molar-refractivity contribution in [3.8, 4) is 0 Å². The molecule has 7 heteroatoms. The molecule has 0 aliphatic carbocycles. The summed E-state index contributed by atoms with van der Waals surface area (Å²) >= 11 is 0. The molecule has 0 saturated heterocycles. The van der Waals surface area contributed by atoms with Crippen LogP contribution in [-0.2, 0) is 33.3 Å². The second-order valence-corrected chi connectivity index (χ2v) is 7.20.